The average Bonchev–Trinajstić information content (AvgIpc) is 2.76. The van der Waals surface area contributed by atoms with E-state index in [-0.39, 0.29) is 5.91 Å². The first kappa shape index (κ1) is 21.5. The molecular weight excluding hydrogens is 380 g/mol. The number of benzene rings is 2. The lowest BCUT2D eigenvalue weighted by atomic mass is 10.0. The molecular formula is C23H30N4O3. The number of para-hydroxylation sites is 1. The van der Waals surface area contributed by atoms with Crippen molar-refractivity contribution in [1.82, 2.24) is 10.6 Å². The van der Waals surface area contributed by atoms with Gasteiger partial charge in [-0.2, -0.15) is 0 Å². The van der Waals surface area contributed by atoms with E-state index in [0.29, 0.717) is 32.7 Å². The highest BCUT2D eigenvalue weighted by atomic mass is 16.5. The first-order chi connectivity index (χ1) is 14.7. The highest BCUT2D eigenvalue weighted by Crippen LogP contribution is 2.26. The molecule has 2 aromatic rings. The van der Waals surface area contributed by atoms with Gasteiger partial charge in [-0.25, -0.2) is 4.99 Å². The van der Waals surface area contributed by atoms with E-state index in [1.54, 1.807) is 0 Å². The first-order valence-electron chi connectivity index (χ1n) is 10.5. The summed E-state index contributed by atoms with van der Waals surface area (Å²) in [6.07, 6.45) is 1.27. The van der Waals surface area contributed by atoms with Crippen molar-refractivity contribution in [2.24, 2.45) is 4.99 Å². The molecule has 0 spiro atoms. The van der Waals surface area contributed by atoms with Crippen molar-refractivity contribution < 1.29 is 14.3 Å². The van der Waals surface area contributed by atoms with Gasteiger partial charge in [0.15, 0.2) is 5.96 Å². The number of rotatable bonds is 9. The van der Waals surface area contributed by atoms with Crippen LogP contribution in [0.4, 0.5) is 5.69 Å². The number of aryl methyl sites for hydroxylation is 1. The number of amides is 1. The van der Waals surface area contributed by atoms with Gasteiger partial charge in [-0.05, 0) is 50.1 Å². The van der Waals surface area contributed by atoms with Gasteiger partial charge in [0.05, 0.1) is 19.7 Å². The van der Waals surface area contributed by atoms with Crippen LogP contribution in [-0.2, 0) is 17.8 Å². The average molecular weight is 411 g/mol. The zero-order valence-electron chi connectivity index (χ0n) is 17.7. The second kappa shape index (κ2) is 11.1. The van der Waals surface area contributed by atoms with Gasteiger partial charge in [0.1, 0.15) is 18.1 Å². The molecule has 0 saturated heterocycles. The number of nitrogens with zero attached hydrogens (tertiary/aromatic N) is 1. The van der Waals surface area contributed by atoms with Gasteiger partial charge in [0, 0.05) is 24.2 Å². The molecule has 0 fully saturated rings. The Morgan fingerprint density at radius 1 is 1.10 bits per heavy atom. The zero-order chi connectivity index (χ0) is 21.2. The van der Waals surface area contributed by atoms with Crippen LogP contribution in [0.1, 0.15) is 31.4 Å². The maximum absolute atomic E-state index is 11.5. The minimum atomic E-state index is 0.0690. The van der Waals surface area contributed by atoms with Crippen LogP contribution in [0.5, 0.6) is 11.5 Å². The Morgan fingerprint density at radius 3 is 2.80 bits per heavy atom. The summed E-state index contributed by atoms with van der Waals surface area (Å²) in [5, 5.41) is 9.43. The van der Waals surface area contributed by atoms with E-state index in [1.165, 1.54) is 0 Å². The Kier molecular flexibility index (Phi) is 7.94. The molecule has 160 valence electrons. The maximum atomic E-state index is 11.5. The second-order valence-corrected chi connectivity index (χ2v) is 6.88. The van der Waals surface area contributed by atoms with Crippen molar-refractivity contribution >= 4 is 17.6 Å². The smallest absolute Gasteiger partial charge is 0.224 e. The fourth-order valence-corrected chi connectivity index (χ4v) is 3.22. The minimum Gasteiger partial charge on any atom is -0.494 e. The molecule has 1 aliphatic rings. The fourth-order valence-electron chi connectivity index (χ4n) is 3.22. The molecule has 3 rings (SSSR count). The standard InChI is InChI=1S/C23H30N4O3/c1-3-24-23(26-16-18-7-5-6-8-21(18)29-4-2)25-13-14-30-19-10-11-20-17(15-19)9-12-22(28)27-20/h5-8,10-11,15H,3-4,9,12-14,16H2,1-2H3,(H,27,28)(H2,24,25,26). The maximum Gasteiger partial charge on any atom is 0.224 e. The summed E-state index contributed by atoms with van der Waals surface area (Å²) >= 11 is 0. The van der Waals surface area contributed by atoms with Crippen LogP contribution in [0, 0.1) is 0 Å². The van der Waals surface area contributed by atoms with E-state index in [0.717, 1.165) is 47.2 Å². The summed E-state index contributed by atoms with van der Waals surface area (Å²) in [5.41, 5.74) is 3.04. The van der Waals surface area contributed by atoms with Crippen molar-refractivity contribution in [2.75, 3.05) is 31.6 Å². The lowest BCUT2D eigenvalue weighted by molar-refractivity contribution is -0.116. The number of ether oxygens (including phenoxy) is 2. The Balaban J connectivity index is 1.50. The van der Waals surface area contributed by atoms with Crippen LogP contribution >= 0.6 is 0 Å². The van der Waals surface area contributed by atoms with Crippen molar-refractivity contribution in [2.45, 2.75) is 33.2 Å². The molecule has 0 radical (unpaired) electrons. The van der Waals surface area contributed by atoms with Crippen molar-refractivity contribution in [3.8, 4) is 11.5 Å². The molecule has 1 heterocycles. The van der Waals surface area contributed by atoms with Crippen LogP contribution in [0.3, 0.4) is 0 Å². The summed E-state index contributed by atoms with van der Waals surface area (Å²) in [4.78, 5) is 16.1. The number of guanidine groups is 1. The summed E-state index contributed by atoms with van der Waals surface area (Å²) in [6, 6.07) is 13.7. The quantitative estimate of drug-likeness (QED) is 0.336. The molecule has 0 saturated carbocycles. The number of carbonyl (C=O) groups is 1. The molecule has 1 amide bonds. The van der Waals surface area contributed by atoms with Gasteiger partial charge in [0.25, 0.3) is 0 Å². The van der Waals surface area contributed by atoms with Crippen LogP contribution < -0.4 is 25.4 Å². The lowest BCUT2D eigenvalue weighted by Crippen LogP contribution is -2.39. The number of hydrogen-bond acceptors (Lipinski definition) is 4. The lowest BCUT2D eigenvalue weighted by Gasteiger charge is -2.18. The van der Waals surface area contributed by atoms with Crippen LogP contribution in [0.25, 0.3) is 0 Å². The van der Waals surface area contributed by atoms with Gasteiger partial charge in [-0.3, -0.25) is 4.79 Å². The van der Waals surface area contributed by atoms with Crippen molar-refractivity contribution in [3.05, 3.63) is 53.6 Å². The summed E-state index contributed by atoms with van der Waals surface area (Å²) in [7, 11) is 0. The van der Waals surface area contributed by atoms with Gasteiger partial charge in [-0.1, -0.05) is 18.2 Å². The van der Waals surface area contributed by atoms with Crippen LogP contribution in [0.2, 0.25) is 0 Å². The largest absolute Gasteiger partial charge is 0.494 e. The molecule has 0 unspecified atom stereocenters. The fraction of sp³-hybridized carbons (Fsp3) is 0.391. The summed E-state index contributed by atoms with van der Waals surface area (Å²) in [5.74, 6) is 2.48. The molecule has 0 aromatic heterocycles. The highest BCUT2D eigenvalue weighted by Gasteiger charge is 2.15. The third-order valence-corrected chi connectivity index (χ3v) is 4.66. The SMILES string of the molecule is CCNC(=NCc1ccccc1OCC)NCCOc1ccc2c(c1)CCC(=O)N2. The topological polar surface area (TPSA) is 84.0 Å². The first-order valence-corrected chi connectivity index (χ1v) is 10.5. The monoisotopic (exact) mass is 410 g/mol. The Hall–Kier alpha value is -3.22. The molecule has 7 heteroatoms. The molecule has 1 aliphatic heterocycles. The van der Waals surface area contributed by atoms with E-state index >= 15 is 0 Å². The molecule has 0 bridgehead atoms. The normalized spacial score (nSPS) is 13.3. The van der Waals surface area contributed by atoms with E-state index in [4.69, 9.17) is 9.47 Å². The number of anilines is 1. The molecule has 3 N–H and O–H groups in total. The molecule has 2 aromatic carbocycles. The summed E-state index contributed by atoms with van der Waals surface area (Å²) < 4.78 is 11.5. The second-order valence-electron chi connectivity index (χ2n) is 6.88. The molecule has 7 nitrogen and oxygen atoms in total. The Morgan fingerprint density at radius 2 is 1.97 bits per heavy atom. The number of aliphatic imine (C=N–C) groups is 1. The van der Waals surface area contributed by atoms with E-state index in [9.17, 15) is 4.79 Å². The van der Waals surface area contributed by atoms with E-state index in [1.807, 2.05) is 56.3 Å². The predicted octanol–water partition coefficient (Wildman–Crippen LogP) is 3.10. The predicted molar refractivity (Wildman–Crippen MR) is 119 cm³/mol. The molecule has 0 aliphatic carbocycles. The van der Waals surface area contributed by atoms with Crippen molar-refractivity contribution in [1.29, 1.82) is 0 Å². The molecule has 0 atom stereocenters. The number of carbonyl (C=O) groups excluding carboxylic acids is 1. The van der Waals surface area contributed by atoms with E-state index < -0.39 is 0 Å². The van der Waals surface area contributed by atoms with Crippen LogP contribution in [0.15, 0.2) is 47.5 Å². The third kappa shape index (κ3) is 6.14. The van der Waals surface area contributed by atoms with Crippen molar-refractivity contribution in [3.63, 3.8) is 0 Å². The van der Waals surface area contributed by atoms with Gasteiger partial charge in [-0.15, -0.1) is 0 Å². The Bertz CT molecular complexity index is 883. The third-order valence-electron chi connectivity index (χ3n) is 4.66. The number of hydrogen-bond donors (Lipinski definition) is 3. The summed E-state index contributed by atoms with van der Waals surface area (Å²) in [6.45, 7) is 7.07. The number of nitrogens with one attached hydrogen (secondary N) is 3. The highest BCUT2D eigenvalue weighted by molar-refractivity contribution is 5.94. The van der Waals surface area contributed by atoms with Gasteiger partial charge >= 0.3 is 0 Å². The van der Waals surface area contributed by atoms with Gasteiger partial charge in [0.2, 0.25) is 5.91 Å². The van der Waals surface area contributed by atoms with E-state index in [2.05, 4.69) is 20.9 Å². The van der Waals surface area contributed by atoms with Crippen LogP contribution in [-0.4, -0.2) is 38.2 Å². The number of fused-ring (bicyclic) bond motifs is 1. The zero-order valence-corrected chi connectivity index (χ0v) is 17.7. The minimum absolute atomic E-state index is 0.0690. The molecule has 30 heavy (non-hydrogen) atoms. The van der Waals surface area contributed by atoms with Gasteiger partial charge < -0.3 is 25.4 Å². The Labute approximate surface area is 177 Å².